The van der Waals surface area contributed by atoms with Gasteiger partial charge in [-0.3, -0.25) is 4.79 Å². The predicted octanol–water partition coefficient (Wildman–Crippen LogP) is 1.72. The fourth-order valence-electron chi connectivity index (χ4n) is 1.64. The lowest BCUT2D eigenvalue weighted by molar-refractivity contribution is -0.116. The fourth-order valence-corrected chi connectivity index (χ4v) is 1.64. The largest absolute Gasteiger partial charge is 0.339 e. The number of nitrogens with two attached hydrogens (primary N) is 1. The molecule has 19 heavy (non-hydrogen) atoms. The first kappa shape index (κ1) is 13.2. The first-order valence-corrected chi connectivity index (χ1v) is 6.09. The Balaban J connectivity index is 2.09. The van der Waals surface area contributed by atoms with Crippen molar-refractivity contribution in [2.24, 2.45) is 5.73 Å². The summed E-state index contributed by atoms with van der Waals surface area (Å²) < 4.78 is 4.93. The van der Waals surface area contributed by atoms with Crippen molar-refractivity contribution in [3.8, 4) is 11.4 Å². The molecule has 0 unspecified atom stereocenters. The highest BCUT2D eigenvalue weighted by molar-refractivity contribution is 5.91. The summed E-state index contributed by atoms with van der Waals surface area (Å²) in [5.74, 6) is 0.967. The molecular weight excluding hydrogens is 244 g/mol. The molecule has 1 aromatic carbocycles. The maximum absolute atomic E-state index is 11.6. The van der Waals surface area contributed by atoms with Crippen LogP contribution < -0.4 is 11.1 Å². The maximum Gasteiger partial charge on any atom is 0.224 e. The van der Waals surface area contributed by atoms with E-state index in [0.717, 1.165) is 5.56 Å². The van der Waals surface area contributed by atoms with Gasteiger partial charge in [0.15, 0.2) is 0 Å². The molecule has 3 N–H and O–H groups in total. The zero-order chi connectivity index (χ0) is 13.7. The Morgan fingerprint density at radius 2 is 2.32 bits per heavy atom. The van der Waals surface area contributed by atoms with Crippen LogP contribution in [0.2, 0.25) is 0 Å². The molecule has 0 bridgehead atoms. The lowest BCUT2D eigenvalue weighted by Crippen LogP contribution is -2.13. The highest BCUT2D eigenvalue weighted by Crippen LogP contribution is 2.20. The van der Waals surface area contributed by atoms with E-state index >= 15 is 0 Å². The molecule has 2 rings (SSSR count). The topological polar surface area (TPSA) is 94.0 Å². The Labute approximate surface area is 111 Å². The van der Waals surface area contributed by atoms with E-state index in [1.807, 2.05) is 24.3 Å². The van der Waals surface area contributed by atoms with Crippen molar-refractivity contribution in [1.82, 2.24) is 10.1 Å². The van der Waals surface area contributed by atoms with Gasteiger partial charge in [0.25, 0.3) is 0 Å². The van der Waals surface area contributed by atoms with E-state index in [4.69, 9.17) is 10.3 Å². The third-order valence-corrected chi connectivity index (χ3v) is 2.54. The summed E-state index contributed by atoms with van der Waals surface area (Å²) in [6.07, 6.45) is 1.09. The van der Waals surface area contributed by atoms with E-state index in [-0.39, 0.29) is 5.91 Å². The smallest absolute Gasteiger partial charge is 0.224 e. The quantitative estimate of drug-likeness (QED) is 0.853. The van der Waals surface area contributed by atoms with Crippen molar-refractivity contribution in [3.63, 3.8) is 0 Å². The Kier molecular flexibility index (Phi) is 4.25. The number of aryl methyl sites for hydroxylation is 1. The van der Waals surface area contributed by atoms with E-state index in [1.165, 1.54) is 0 Å². The van der Waals surface area contributed by atoms with Crippen molar-refractivity contribution in [3.05, 3.63) is 30.2 Å². The van der Waals surface area contributed by atoms with Gasteiger partial charge in [0, 0.05) is 24.6 Å². The molecule has 1 amide bonds. The van der Waals surface area contributed by atoms with Crippen molar-refractivity contribution in [2.75, 3.05) is 11.9 Å². The summed E-state index contributed by atoms with van der Waals surface area (Å²) in [5, 5.41) is 6.65. The zero-order valence-corrected chi connectivity index (χ0v) is 10.7. The normalized spacial score (nSPS) is 10.4. The van der Waals surface area contributed by atoms with Crippen LogP contribution in [0.15, 0.2) is 28.8 Å². The van der Waals surface area contributed by atoms with Crippen LogP contribution in [0.25, 0.3) is 11.4 Å². The SMILES string of the molecule is Cc1nc(-c2cccc(NC(=O)CCCN)c2)no1. The molecule has 0 aliphatic rings. The average Bonchev–Trinajstić information content (AvgIpc) is 2.83. The highest BCUT2D eigenvalue weighted by Gasteiger charge is 2.07. The summed E-state index contributed by atoms with van der Waals surface area (Å²) >= 11 is 0. The number of aromatic nitrogens is 2. The summed E-state index contributed by atoms with van der Waals surface area (Å²) in [7, 11) is 0. The number of anilines is 1. The summed E-state index contributed by atoms with van der Waals surface area (Å²) in [4.78, 5) is 15.8. The molecule has 0 aliphatic heterocycles. The Morgan fingerprint density at radius 1 is 1.47 bits per heavy atom. The van der Waals surface area contributed by atoms with Crippen molar-refractivity contribution < 1.29 is 9.32 Å². The minimum atomic E-state index is -0.0492. The molecule has 6 nitrogen and oxygen atoms in total. The van der Waals surface area contributed by atoms with Gasteiger partial charge in [-0.2, -0.15) is 4.98 Å². The Bertz CT molecular complexity index is 565. The number of benzene rings is 1. The highest BCUT2D eigenvalue weighted by atomic mass is 16.5. The number of hydrogen-bond acceptors (Lipinski definition) is 5. The van der Waals surface area contributed by atoms with Gasteiger partial charge in [-0.15, -0.1) is 0 Å². The molecule has 0 radical (unpaired) electrons. The van der Waals surface area contributed by atoms with Crippen LogP contribution in [0.5, 0.6) is 0 Å². The molecule has 0 fully saturated rings. The van der Waals surface area contributed by atoms with Gasteiger partial charge < -0.3 is 15.6 Å². The molecular formula is C13H16N4O2. The van der Waals surface area contributed by atoms with Crippen LogP contribution in [0.3, 0.4) is 0 Å². The van der Waals surface area contributed by atoms with Crippen LogP contribution >= 0.6 is 0 Å². The van der Waals surface area contributed by atoms with E-state index in [9.17, 15) is 4.79 Å². The van der Waals surface area contributed by atoms with Gasteiger partial charge in [0.2, 0.25) is 17.6 Å². The lowest BCUT2D eigenvalue weighted by Gasteiger charge is -2.05. The minimum Gasteiger partial charge on any atom is -0.339 e. The van der Waals surface area contributed by atoms with Gasteiger partial charge in [-0.25, -0.2) is 0 Å². The van der Waals surface area contributed by atoms with Crippen molar-refractivity contribution >= 4 is 11.6 Å². The molecule has 1 aromatic heterocycles. The van der Waals surface area contributed by atoms with E-state index < -0.39 is 0 Å². The minimum absolute atomic E-state index is 0.0492. The standard InChI is InChI=1S/C13H16N4O2/c1-9-15-13(17-19-9)10-4-2-5-11(8-10)16-12(18)6-3-7-14/h2,4-5,8H,3,6-7,14H2,1H3,(H,16,18). The summed E-state index contributed by atoms with van der Waals surface area (Å²) in [6.45, 7) is 2.24. The van der Waals surface area contributed by atoms with Gasteiger partial charge in [0.1, 0.15) is 0 Å². The van der Waals surface area contributed by atoms with Crippen LogP contribution in [-0.2, 0) is 4.79 Å². The predicted molar refractivity (Wildman–Crippen MR) is 71.4 cm³/mol. The summed E-state index contributed by atoms with van der Waals surface area (Å²) in [5.41, 5.74) is 6.88. The number of hydrogen-bond donors (Lipinski definition) is 2. The van der Waals surface area contributed by atoms with Gasteiger partial charge in [0.05, 0.1) is 0 Å². The zero-order valence-electron chi connectivity index (χ0n) is 10.7. The third-order valence-electron chi connectivity index (χ3n) is 2.54. The molecule has 100 valence electrons. The number of carbonyl (C=O) groups is 1. The van der Waals surface area contributed by atoms with Gasteiger partial charge in [-0.05, 0) is 25.1 Å². The lowest BCUT2D eigenvalue weighted by atomic mass is 10.2. The van der Waals surface area contributed by atoms with Crippen LogP contribution in [0.1, 0.15) is 18.7 Å². The monoisotopic (exact) mass is 260 g/mol. The molecule has 0 saturated carbocycles. The second-order valence-corrected chi connectivity index (χ2v) is 4.16. The first-order chi connectivity index (χ1) is 9.19. The number of amides is 1. The van der Waals surface area contributed by atoms with Gasteiger partial charge in [-0.1, -0.05) is 17.3 Å². The average molecular weight is 260 g/mol. The third kappa shape index (κ3) is 3.62. The summed E-state index contributed by atoms with van der Waals surface area (Å²) in [6, 6.07) is 7.32. The van der Waals surface area contributed by atoms with E-state index in [0.29, 0.717) is 36.8 Å². The van der Waals surface area contributed by atoms with E-state index in [2.05, 4.69) is 15.5 Å². The number of nitrogens with one attached hydrogen (secondary N) is 1. The number of nitrogens with zero attached hydrogens (tertiary/aromatic N) is 2. The molecule has 0 spiro atoms. The van der Waals surface area contributed by atoms with Gasteiger partial charge >= 0.3 is 0 Å². The molecule has 0 aliphatic carbocycles. The van der Waals surface area contributed by atoms with Crippen LogP contribution in [0, 0.1) is 6.92 Å². The molecule has 1 heterocycles. The second-order valence-electron chi connectivity index (χ2n) is 4.16. The fraction of sp³-hybridized carbons (Fsp3) is 0.308. The Hall–Kier alpha value is -2.21. The number of carbonyl (C=O) groups excluding carboxylic acids is 1. The maximum atomic E-state index is 11.6. The second kappa shape index (κ2) is 6.10. The molecule has 0 saturated heterocycles. The molecule has 2 aromatic rings. The van der Waals surface area contributed by atoms with Crippen molar-refractivity contribution in [2.45, 2.75) is 19.8 Å². The Morgan fingerprint density at radius 3 is 3.00 bits per heavy atom. The van der Waals surface area contributed by atoms with E-state index in [1.54, 1.807) is 6.92 Å². The molecule has 6 heteroatoms. The number of rotatable bonds is 5. The molecule has 0 atom stereocenters. The van der Waals surface area contributed by atoms with Crippen LogP contribution in [0.4, 0.5) is 5.69 Å². The van der Waals surface area contributed by atoms with Crippen molar-refractivity contribution in [1.29, 1.82) is 0 Å². The first-order valence-electron chi connectivity index (χ1n) is 6.09. The van der Waals surface area contributed by atoms with Crippen LogP contribution in [-0.4, -0.2) is 22.6 Å².